The van der Waals surface area contributed by atoms with E-state index in [0.717, 1.165) is 0 Å². The first kappa shape index (κ1) is 16.6. The van der Waals surface area contributed by atoms with E-state index in [9.17, 15) is 9.90 Å². The monoisotopic (exact) mass is 410 g/mol. The number of fused-ring (bicyclic) bond motifs is 1. The number of phenolic OH excluding ortho intramolecular Hbond substituents is 1. The van der Waals surface area contributed by atoms with E-state index < -0.39 is 12.0 Å². The lowest BCUT2D eigenvalue weighted by Crippen LogP contribution is -2.42. The summed E-state index contributed by atoms with van der Waals surface area (Å²) in [5, 5.41) is 14.1. The van der Waals surface area contributed by atoms with Gasteiger partial charge >= 0.3 is 0 Å². The van der Waals surface area contributed by atoms with Crippen molar-refractivity contribution in [2.45, 2.75) is 6.10 Å². The van der Waals surface area contributed by atoms with Gasteiger partial charge in [-0.05, 0) is 40.2 Å². The summed E-state index contributed by atoms with van der Waals surface area (Å²) >= 11 is 9.08. The minimum absolute atomic E-state index is 0.0245. The Morgan fingerprint density at radius 2 is 2.12 bits per heavy atom. The smallest absolute Gasteiger partial charge is 0.284 e. The van der Waals surface area contributed by atoms with Gasteiger partial charge in [0.25, 0.3) is 5.91 Å². The highest BCUT2D eigenvalue weighted by atomic mass is 79.9. The van der Waals surface area contributed by atoms with Crippen molar-refractivity contribution in [3.63, 3.8) is 0 Å². The van der Waals surface area contributed by atoms with Crippen molar-refractivity contribution < 1.29 is 19.4 Å². The Labute approximate surface area is 151 Å². The second kappa shape index (κ2) is 7.11. The van der Waals surface area contributed by atoms with E-state index in [1.807, 2.05) is 6.07 Å². The van der Waals surface area contributed by atoms with E-state index in [4.69, 9.17) is 21.1 Å². The number of phenols is 1. The molecule has 0 saturated carbocycles. The molecule has 2 N–H and O–H groups in total. The van der Waals surface area contributed by atoms with Crippen LogP contribution in [-0.4, -0.2) is 29.9 Å². The summed E-state index contributed by atoms with van der Waals surface area (Å²) in [5.41, 5.74) is 2.72. The van der Waals surface area contributed by atoms with Crippen molar-refractivity contribution in [2.75, 3.05) is 6.61 Å². The number of hydrogen-bond donors (Lipinski definition) is 2. The Balaban J connectivity index is 1.64. The van der Waals surface area contributed by atoms with Crippen molar-refractivity contribution >= 4 is 39.7 Å². The normalized spacial score (nSPS) is 16.2. The fourth-order valence-electron chi connectivity index (χ4n) is 2.07. The van der Waals surface area contributed by atoms with Gasteiger partial charge in [-0.3, -0.25) is 4.79 Å². The van der Waals surface area contributed by atoms with Gasteiger partial charge < -0.3 is 14.6 Å². The minimum atomic E-state index is -0.809. The maximum atomic E-state index is 12.1. The summed E-state index contributed by atoms with van der Waals surface area (Å²) in [5.74, 6) is 0.618. The molecule has 1 heterocycles. The van der Waals surface area contributed by atoms with E-state index >= 15 is 0 Å². The molecule has 1 aliphatic rings. The summed E-state index contributed by atoms with van der Waals surface area (Å²) in [7, 11) is 0. The number of carbonyl (C=O) groups excluding carboxylic acids is 1. The molecule has 0 aliphatic carbocycles. The number of halogens is 2. The number of hydrazone groups is 1. The van der Waals surface area contributed by atoms with Crippen LogP contribution in [-0.2, 0) is 4.79 Å². The third kappa shape index (κ3) is 3.63. The largest absolute Gasteiger partial charge is 0.506 e. The van der Waals surface area contributed by atoms with Gasteiger partial charge in [-0.1, -0.05) is 23.7 Å². The molecule has 3 rings (SSSR count). The summed E-state index contributed by atoms with van der Waals surface area (Å²) in [6, 6.07) is 10.2. The third-order valence-electron chi connectivity index (χ3n) is 3.24. The Kier molecular flexibility index (Phi) is 4.92. The first-order valence-corrected chi connectivity index (χ1v) is 8.11. The molecule has 2 aromatic carbocycles. The fourth-order valence-corrected chi connectivity index (χ4v) is 2.90. The molecular formula is C16H12BrClN2O4. The highest BCUT2D eigenvalue weighted by Crippen LogP contribution is 2.31. The molecule has 0 radical (unpaired) electrons. The average Bonchev–Trinajstić information content (AvgIpc) is 2.58. The van der Waals surface area contributed by atoms with Crippen LogP contribution in [0.5, 0.6) is 17.2 Å². The zero-order chi connectivity index (χ0) is 17.1. The van der Waals surface area contributed by atoms with E-state index in [1.165, 1.54) is 12.3 Å². The predicted molar refractivity (Wildman–Crippen MR) is 92.9 cm³/mol. The Morgan fingerprint density at radius 1 is 1.38 bits per heavy atom. The van der Waals surface area contributed by atoms with Gasteiger partial charge in [0.2, 0.25) is 6.10 Å². The van der Waals surface area contributed by atoms with Gasteiger partial charge in [0.1, 0.15) is 12.4 Å². The molecule has 0 fully saturated rings. The average molecular weight is 412 g/mol. The summed E-state index contributed by atoms with van der Waals surface area (Å²) in [6.45, 7) is 0.0896. The van der Waals surface area contributed by atoms with Crippen LogP contribution in [0.4, 0.5) is 0 Å². The van der Waals surface area contributed by atoms with Crippen LogP contribution in [0, 0.1) is 0 Å². The number of benzene rings is 2. The topological polar surface area (TPSA) is 80.2 Å². The lowest BCUT2D eigenvalue weighted by Gasteiger charge is -2.24. The minimum Gasteiger partial charge on any atom is -0.506 e. The maximum absolute atomic E-state index is 12.1. The van der Waals surface area contributed by atoms with Gasteiger partial charge in [-0.15, -0.1) is 0 Å². The molecule has 2 aromatic rings. The van der Waals surface area contributed by atoms with Crippen molar-refractivity contribution in [3.8, 4) is 17.2 Å². The summed E-state index contributed by atoms with van der Waals surface area (Å²) < 4.78 is 11.5. The van der Waals surface area contributed by atoms with E-state index in [0.29, 0.717) is 26.6 Å². The van der Waals surface area contributed by atoms with Gasteiger partial charge in [0.15, 0.2) is 11.5 Å². The number of nitrogens with one attached hydrogen (secondary N) is 1. The molecule has 24 heavy (non-hydrogen) atoms. The molecule has 0 bridgehead atoms. The number of carbonyl (C=O) groups is 1. The summed E-state index contributed by atoms with van der Waals surface area (Å²) in [6.07, 6.45) is 0.485. The number of amides is 1. The van der Waals surface area contributed by atoms with Crippen LogP contribution < -0.4 is 14.9 Å². The molecular weight excluding hydrogens is 400 g/mol. The fraction of sp³-hybridized carbons (Fsp3) is 0.125. The molecule has 6 nitrogen and oxygen atoms in total. The van der Waals surface area contributed by atoms with E-state index in [1.54, 1.807) is 24.3 Å². The van der Waals surface area contributed by atoms with Gasteiger partial charge in [-0.2, -0.15) is 5.10 Å². The van der Waals surface area contributed by atoms with Crippen LogP contribution in [0.15, 0.2) is 46.0 Å². The van der Waals surface area contributed by atoms with Gasteiger partial charge in [-0.25, -0.2) is 5.43 Å². The number of nitrogens with zero attached hydrogens (tertiary/aromatic N) is 1. The number of para-hydroxylation sites is 2. The second-order valence-corrected chi connectivity index (χ2v) is 6.21. The van der Waals surface area contributed by atoms with Gasteiger partial charge in [0, 0.05) is 10.6 Å². The van der Waals surface area contributed by atoms with Gasteiger partial charge in [0.05, 0.1) is 10.7 Å². The molecule has 8 heteroatoms. The molecule has 0 aromatic heterocycles. The summed E-state index contributed by atoms with van der Waals surface area (Å²) in [4.78, 5) is 12.1. The van der Waals surface area contributed by atoms with Crippen LogP contribution in [0.2, 0.25) is 5.02 Å². The molecule has 1 amide bonds. The maximum Gasteiger partial charge on any atom is 0.284 e. The lowest BCUT2D eigenvalue weighted by molar-refractivity contribution is -0.130. The first-order valence-electron chi connectivity index (χ1n) is 6.94. The molecule has 1 atom stereocenters. The molecule has 1 aliphatic heterocycles. The highest BCUT2D eigenvalue weighted by Gasteiger charge is 2.27. The number of rotatable bonds is 3. The SMILES string of the molecule is O=C(NN=Cc1cc(Cl)cc(Br)c1O)C1COc2ccccc2O1. The van der Waals surface area contributed by atoms with Crippen LogP contribution in [0.3, 0.4) is 0 Å². The van der Waals surface area contributed by atoms with Crippen LogP contribution in [0.1, 0.15) is 5.56 Å². The molecule has 1 unspecified atom stereocenters. The van der Waals surface area contributed by atoms with Crippen LogP contribution >= 0.6 is 27.5 Å². The van der Waals surface area contributed by atoms with Crippen molar-refractivity contribution in [1.29, 1.82) is 0 Å². The Hall–Kier alpha value is -2.25. The highest BCUT2D eigenvalue weighted by molar-refractivity contribution is 9.10. The third-order valence-corrected chi connectivity index (χ3v) is 4.06. The standard InChI is InChI=1S/C16H12BrClN2O4/c17-11-6-10(18)5-9(15(11)21)7-19-20-16(22)14-8-23-12-3-1-2-4-13(12)24-14/h1-7,14,21H,8H2,(H,20,22). The predicted octanol–water partition coefficient (Wildman–Crippen LogP) is 3.10. The Morgan fingerprint density at radius 3 is 2.92 bits per heavy atom. The number of hydrogen-bond acceptors (Lipinski definition) is 5. The molecule has 0 spiro atoms. The lowest BCUT2D eigenvalue weighted by atomic mass is 10.2. The van der Waals surface area contributed by atoms with Crippen molar-refractivity contribution in [3.05, 3.63) is 51.5 Å². The second-order valence-electron chi connectivity index (χ2n) is 4.92. The van der Waals surface area contributed by atoms with Crippen LogP contribution in [0.25, 0.3) is 0 Å². The quantitative estimate of drug-likeness (QED) is 0.601. The van der Waals surface area contributed by atoms with Crippen molar-refractivity contribution in [1.82, 2.24) is 5.43 Å². The number of ether oxygens (including phenoxy) is 2. The van der Waals surface area contributed by atoms with Crippen molar-refractivity contribution in [2.24, 2.45) is 5.10 Å². The zero-order valence-electron chi connectivity index (χ0n) is 12.2. The zero-order valence-corrected chi connectivity index (χ0v) is 14.5. The van der Waals surface area contributed by atoms with E-state index in [2.05, 4.69) is 26.5 Å². The number of aromatic hydroxyl groups is 1. The molecule has 124 valence electrons. The Bertz CT molecular complexity index is 813. The van der Waals surface area contributed by atoms with E-state index in [-0.39, 0.29) is 12.4 Å². The molecule has 0 saturated heterocycles. The first-order chi connectivity index (χ1) is 11.5.